The molecule has 2 nitrogen and oxygen atoms in total. The molecule has 2 rings (SSSR count). The molecule has 1 unspecified atom stereocenters. The summed E-state index contributed by atoms with van der Waals surface area (Å²) in [5, 5.41) is 0. The Balaban J connectivity index is 1.83. The number of nitrogens with zero attached hydrogens (tertiary/aromatic N) is 1. The number of amides is 1. The number of piperidine rings is 1. The lowest BCUT2D eigenvalue weighted by molar-refractivity contribution is -0.132. The number of hydrogen-bond donors (Lipinski definition) is 0. The zero-order valence-electron chi connectivity index (χ0n) is 13.0. The summed E-state index contributed by atoms with van der Waals surface area (Å²) in [4.78, 5) is 14.0. The Morgan fingerprint density at radius 2 is 2.23 bits per heavy atom. The molecule has 122 valence electrons. The fourth-order valence-corrected chi connectivity index (χ4v) is 3.34. The van der Waals surface area contributed by atoms with Crippen molar-refractivity contribution in [1.29, 1.82) is 0 Å². The Hall–Kier alpha value is -1.10. The van der Waals surface area contributed by atoms with Gasteiger partial charge in [0, 0.05) is 31.3 Å². The molecule has 1 saturated heterocycles. The molecule has 0 radical (unpaired) electrons. The molecule has 0 aromatic heterocycles. The van der Waals surface area contributed by atoms with Crippen LogP contribution in [0.5, 0.6) is 0 Å². The number of carbonyl (C=O) groups excluding carboxylic acids is 1. The maximum atomic E-state index is 13.6. The Morgan fingerprint density at radius 1 is 1.41 bits per heavy atom. The monoisotopic (exact) mass is 327 g/mol. The van der Waals surface area contributed by atoms with Gasteiger partial charge in [-0.2, -0.15) is 11.8 Å². The van der Waals surface area contributed by atoms with Gasteiger partial charge >= 0.3 is 0 Å². The standard InChI is InChI=1S/C17H23F2NOS/c1-22-10-8-17(21)20-9-2-3-13(12-20)4-5-14-6-7-15(18)11-16(14)19/h6-7,11,13H,2-5,8-10,12H2,1H3. The summed E-state index contributed by atoms with van der Waals surface area (Å²) < 4.78 is 26.5. The molecule has 1 heterocycles. The molecular weight excluding hydrogens is 304 g/mol. The molecule has 1 aliphatic heterocycles. The SMILES string of the molecule is CSCCC(=O)N1CCCC(CCc2ccc(F)cc2F)C1. The van der Waals surface area contributed by atoms with Crippen LogP contribution in [-0.2, 0) is 11.2 Å². The second-order valence-corrected chi connectivity index (χ2v) is 6.85. The molecule has 1 amide bonds. The van der Waals surface area contributed by atoms with Gasteiger partial charge in [0.25, 0.3) is 0 Å². The zero-order valence-corrected chi connectivity index (χ0v) is 13.8. The number of carbonyl (C=O) groups is 1. The summed E-state index contributed by atoms with van der Waals surface area (Å²) in [5.41, 5.74) is 0.562. The molecule has 1 aliphatic rings. The van der Waals surface area contributed by atoms with Gasteiger partial charge < -0.3 is 4.90 Å². The molecule has 1 aromatic carbocycles. The van der Waals surface area contributed by atoms with Crippen LogP contribution in [0.25, 0.3) is 0 Å². The number of likely N-dealkylation sites (tertiary alicyclic amines) is 1. The van der Waals surface area contributed by atoms with E-state index in [1.165, 1.54) is 12.1 Å². The van der Waals surface area contributed by atoms with Gasteiger partial charge in [0.05, 0.1) is 0 Å². The molecule has 0 bridgehead atoms. The predicted octanol–water partition coefficient (Wildman–Crippen LogP) is 3.89. The minimum absolute atomic E-state index is 0.229. The average molecular weight is 327 g/mol. The molecule has 1 aromatic rings. The van der Waals surface area contributed by atoms with Gasteiger partial charge in [0.1, 0.15) is 11.6 Å². The number of halogens is 2. The Bertz CT molecular complexity index is 509. The van der Waals surface area contributed by atoms with E-state index in [4.69, 9.17) is 0 Å². The lowest BCUT2D eigenvalue weighted by atomic mass is 9.91. The highest BCUT2D eigenvalue weighted by Crippen LogP contribution is 2.23. The smallest absolute Gasteiger partial charge is 0.223 e. The minimum atomic E-state index is -0.538. The van der Waals surface area contributed by atoms with Crippen molar-refractivity contribution in [2.75, 3.05) is 25.1 Å². The summed E-state index contributed by atoms with van der Waals surface area (Å²) in [5.74, 6) is 0.498. The molecular formula is C17H23F2NOS. The van der Waals surface area contributed by atoms with Crippen molar-refractivity contribution in [2.45, 2.75) is 32.1 Å². The van der Waals surface area contributed by atoms with Crippen LogP contribution in [0.2, 0.25) is 0 Å². The first-order valence-electron chi connectivity index (χ1n) is 7.80. The molecule has 0 aliphatic carbocycles. The highest BCUT2D eigenvalue weighted by molar-refractivity contribution is 7.98. The van der Waals surface area contributed by atoms with E-state index < -0.39 is 11.6 Å². The van der Waals surface area contributed by atoms with Crippen LogP contribution in [0, 0.1) is 17.6 Å². The molecule has 0 spiro atoms. The van der Waals surface area contributed by atoms with Crippen LogP contribution in [0.4, 0.5) is 8.78 Å². The van der Waals surface area contributed by atoms with Crippen molar-refractivity contribution >= 4 is 17.7 Å². The van der Waals surface area contributed by atoms with E-state index in [0.29, 0.717) is 24.3 Å². The number of benzene rings is 1. The van der Waals surface area contributed by atoms with Gasteiger partial charge in [-0.15, -0.1) is 0 Å². The lowest BCUT2D eigenvalue weighted by Crippen LogP contribution is -2.40. The van der Waals surface area contributed by atoms with Gasteiger partial charge in [-0.1, -0.05) is 6.07 Å². The van der Waals surface area contributed by atoms with Gasteiger partial charge in [0.15, 0.2) is 0 Å². The van der Waals surface area contributed by atoms with Crippen molar-refractivity contribution in [3.8, 4) is 0 Å². The van der Waals surface area contributed by atoms with Crippen LogP contribution >= 0.6 is 11.8 Å². The van der Waals surface area contributed by atoms with Crippen molar-refractivity contribution in [3.05, 3.63) is 35.4 Å². The predicted molar refractivity (Wildman–Crippen MR) is 87.0 cm³/mol. The minimum Gasteiger partial charge on any atom is -0.342 e. The maximum Gasteiger partial charge on any atom is 0.223 e. The van der Waals surface area contributed by atoms with Gasteiger partial charge in [-0.25, -0.2) is 8.78 Å². The normalized spacial score (nSPS) is 18.5. The van der Waals surface area contributed by atoms with Gasteiger partial charge in [-0.3, -0.25) is 4.79 Å². The summed E-state index contributed by atoms with van der Waals surface area (Å²) in [7, 11) is 0. The van der Waals surface area contributed by atoms with Crippen molar-refractivity contribution in [2.24, 2.45) is 5.92 Å². The number of thioether (sulfide) groups is 1. The fourth-order valence-electron chi connectivity index (χ4n) is 2.96. The van der Waals surface area contributed by atoms with E-state index in [-0.39, 0.29) is 5.91 Å². The van der Waals surface area contributed by atoms with E-state index >= 15 is 0 Å². The summed E-state index contributed by atoms with van der Waals surface area (Å²) in [6, 6.07) is 3.76. The molecule has 0 N–H and O–H groups in total. The highest BCUT2D eigenvalue weighted by atomic mass is 32.2. The quantitative estimate of drug-likeness (QED) is 0.790. The van der Waals surface area contributed by atoms with Crippen LogP contribution < -0.4 is 0 Å². The van der Waals surface area contributed by atoms with E-state index in [1.807, 2.05) is 11.2 Å². The highest BCUT2D eigenvalue weighted by Gasteiger charge is 2.23. The van der Waals surface area contributed by atoms with E-state index in [0.717, 1.165) is 44.2 Å². The third kappa shape index (κ3) is 4.97. The third-order valence-electron chi connectivity index (χ3n) is 4.23. The molecule has 0 saturated carbocycles. The second kappa shape index (κ2) is 8.51. The first-order valence-corrected chi connectivity index (χ1v) is 9.20. The number of rotatable bonds is 6. The molecule has 5 heteroatoms. The van der Waals surface area contributed by atoms with Crippen LogP contribution in [0.1, 0.15) is 31.2 Å². The second-order valence-electron chi connectivity index (χ2n) is 5.87. The van der Waals surface area contributed by atoms with Crippen LogP contribution in [0.3, 0.4) is 0 Å². The zero-order chi connectivity index (χ0) is 15.9. The van der Waals surface area contributed by atoms with Crippen LogP contribution in [0.15, 0.2) is 18.2 Å². The van der Waals surface area contributed by atoms with Gasteiger partial charge in [0.2, 0.25) is 5.91 Å². The Kier molecular flexibility index (Phi) is 6.68. The van der Waals surface area contributed by atoms with Crippen molar-refractivity contribution in [1.82, 2.24) is 4.90 Å². The summed E-state index contributed by atoms with van der Waals surface area (Å²) >= 11 is 1.69. The first-order chi connectivity index (χ1) is 10.6. The van der Waals surface area contributed by atoms with E-state index in [9.17, 15) is 13.6 Å². The number of hydrogen-bond acceptors (Lipinski definition) is 2. The largest absolute Gasteiger partial charge is 0.342 e. The first kappa shape index (κ1) is 17.3. The summed E-state index contributed by atoms with van der Waals surface area (Å²) in [6.45, 7) is 1.62. The molecule has 1 atom stereocenters. The average Bonchev–Trinajstić information content (AvgIpc) is 2.52. The topological polar surface area (TPSA) is 20.3 Å². The Labute approximate surface area is 135 Å². The third-order valence-corrected chi connectivity index (χ3v) is 4.84. The van der Waals surface area contributed by atoms with Crippen molar-refractivity contribution < 1.29 is 13.6 Å². The Morgan fingerprint density at radius 3 is 2.95 bits per heavy atom. The van der Waals surface area contributed by atoms with Gasteiger partial charge in [-0.05, 0) is 49.5 Å². The molecule has 1 fully saturated rings. The van der Waals surface area contributed by atoms with E-state index in [1.54, 1.807) is 11.8 Å². The van der Waals surface area contributed by atoms with Crippen molar-refractivity contribution in [3.63, 3.8) is 0 Å². The van der Waals surface area contributed by atoms with E-state index in [2.05, 4.69) is 0 Å². The number of aryl methyl sites for hydroxylation is 1. The van der Waals surface area contributed by atoms with Crippen LogP contribution in [-0.4, -0.2) is 35.9 Å². The molecule has 22 heavy (non-hydrogen) atoms. The lowest BCUT2D eigenvalue weighted by Gasteiger charge is -2.33. The maximum absolute atomic E-state index is 13.6. The fraction of sp³-hybridized carbons (Fsp3) is 0.588. The summed E-state index contributed by atoms with van der Waals surface area (Å²) in [6.07, 6.45) is 6.14.